The van der Waals surface area contributed by atoms with E-state index in [9.17, 15) is 10.1 Å². The molecule has 2 rings (SSSR count). The molecule has 2 atom stereocenters. The van der Waals surface area contributed by atoms with Crippen LogP contribution in [0.5, 0.6) is 0 Å². The van der Waals surface area contributed by atoms with Gasteiger partial charge in [-0.2, -0.15) is 0 Å². The normalized spacial score (nSPS) is 24.6. The van der Waals surface area contributed by atoms with Gasteiger partial charge < -0.3 is 4.74 Å². The number of hydrogen-bond donors (Lipinski definition) is 1. The van der Waals surface area contributed by atoms with Crippen molar-refractivity contribution in [2.24, 2.45) is 0 Å². The molecule has 1 aromatic rings. The molecule has 1 fully saturated rings. The van der Waals surface area contributed by atoms with Crippen molar-refractivity contribution < 1.29 is 9.66 Å². The van der Waals surface area contributed by atoms with Crippen LogP contribution < -0.4 is 5.32 Å². The van der Waals surface area contributed by atoms with Crippen molar-refractivity contribution in [1.29, 1.82) is 0 Å². The van der Waals surface area contributed by atoms with Crippen molar-refractivity contribution in [3.05, 3.63) is 39.9 Å². The van der Waals surface area contributed by atoms with Gasteiger partial charge in [0.25, 0.3) is 5.69 Å². The number of nitro groups is 1. The molecule has 0 amide bonds. The zero-order chi connectivity index (χ0) is 11.5. The maximum atomic E-state index is 10.5. The summed E-state index contributed by atoms with van der Waals surface area (Å²) in [6.07, 6.45) is 0.884. The first-order valence-corrected chi connectivity index (χ1v) is 5.32. The zero-order valence-electron chi connectivity index (χ0n) is 9.05. The first-order chi connectivity index (χ1) is 7.70. The molecule has 1 aliphatic heterocycles. The molecule has 1 unspecified atom stereocenters. The van der Waals surface area contributed by atoms with E-state index in [1.54, 1.807) is 12.1 Å². The summed E-state index contributed by atoms with van der Waals surface area (Å²) >= 11 is 0. The molecule has 0 aliphatic carbocycles. The molecular weight excluding hydrogens is 208 g/mol. The Morgan fingerprint density at radius 2 is 2.19 bits per heavy atom. The molecule has 16 heavy (non-hydrogen) atoms. The summed E-state index contributed by atoms with van der Waals surface area (Å²) in [6.45, 7) is 2.79. The van der Waals surface area contributed by atoms with Crippen LogP contribution in [0.3, 0.4) is 0 Å². The fourth-order valence-corrected chi connectivity index (χ4v) is 1.72. The minimum Gasteiger partial charge on any atom is -0.357 e. The highest BCUT2D eigenvalue weighted by Gasteiger charge is 2.24. The number of ether oxygens (including phenoxy) is 1. The van der Waals surface area contributed by atoms with Gasteiger partial charge in [0.15, 0.2) is 0 Å². The lowest BCUT2D eigenvalue weighted by molar-refractivity contribution is -0.384. The summed E-state index contributed by atoms with van der Waals surface area (Å²) in [6, 6.07) is 6.83. The minimum atomic E-state index is -0.401. The van der Waals surface area contributed by atoms with E-state index in [0.29, 0.717) is 12.6 Å². The fraction of sp³-hybridized carbons (Fsp3) is 0.455. The number of nitrogens with one attached hydrogen (secondary N) is 1. The first kappa shape index (κ1) is 11.0. The number of rotatable bonds is 3. The predicted octanol–water partition coefficient (Wildman–Crippen LogP) is 1.99. The van der Waals surface area contributed by atoms with E-state index in [4.69, 9.17) is 4.74 Å². The Labute approximate surface area is 93.6 Å². The number of benzene rings is 1. The molecule has 5 nitrogen and oxygen atoms in total. The maximum Gasteiger partial charge on any atom is 0.269 e. The molecule has 0 bridgehead atoms. The largest absolute Gasteiger partial charge is 0.357 e. The molecule has 1 saturated heterocycles. The predicted molar refractivity (Wildman–Crippen MR) is 59.0 cm³/mol. The third-order valence-electron chi connectivity index (χ3n) is 2.75. The quantitative estimate of drug-likeness (QED) is 0.627. The van der Waals surface area contributed by atoms with E-state index in [2.05, 4.69) is 12.2 Å². The van der Waals surface area contributed by atoms with Crippen LogP contribution in [-0.2, 0) is 4.74 Å². The average molecular weight is 222 g/mol. The van der Waals surface area contributed by atoms with Crippen LogP contribution in [0, 0.1) is 10.1 Å². The number of nitro benzene ring substituents is 1. The highest BCUT2D eigenvalue weighted by molar-refractivity contribution is 5.33. The maximum absolute atomic E-state index is 10.5. The lowest BCUT2D eigenvalue weighted by atomic mass is 10.2. The molecule has 1 aromatic carbocycles. The lowest BCUT2D eigenvalue weighted by Crippen LogP contribution is -2.24. The van der Waals surface area contributed by atoms with Crippen molar-refractivity contribution in [3.63, 3.8) is 0 Å². The van der Waals surface area contributed by atoms with Crippen molar-refractivity contribution in [1.82, 2.24) is 5.32 Å². The standard InChI is InChI=1S/C11H14N2O3/c1-2-9-7-16-11(12-9)8-3-5-10(6-4-8)13(14)15/h3-6,9,11-12H,2,7H2,1H3/t9-,11?/m0/s1. The lowest BCUT2D eigenvalue weighted by Gasteiger charge is -2.11. The van der Waals surface area contributed by atoms with Gasteiger partial charge in [-0.15, -0.1) is 0 Å². The third kappa shape index (κ3) is 2.20. The molecule has 86 valence electrons. The second kappa shape index (κ2) is 4.59. The van der Waals surface area contributed by atoms with Crippen molar-refractivity contribution in [3.8, 4) is 0 Å². The molecule has 0 saturated carbocycles. The van der Waals surface area contributed by atoms with E-state index >= 15 is 0 Å². The van der Waals surface area contributed by atoms with Gasteiger partial charge in [-0.1, -0.05) is 6.92 Å². The van der Waals surface area contributed by atoms with E-state index in [0.717, 1.165) is 12.0 Å². The molecule has 1 aliphatic rings. The molecule has 1 heterocycles. The van der Waals surface area contributed by atoms with Crippen LogP contribution in [0.15, 0.2) is 24.3 Å². The van der Waals surface area contributed by atoms with Crippen molar-refractivity contribution >= 4 is 5.69 Å². The Balaban J connectivity index is 2.08. The SMILES string of the molecule is CC[C@H]1COC(c2ccc([N+](=O)[O-])cc2)N1. The minimum absolute atomic E-state index is 0.105. The number of non-ortho nitro benzene ring substituents is 1. The summed E-state index contributed by atoms with van der Waals surface area (Å²) in [7, 11) is 0. The van der Waals surface area contributed by atoms with E-state index in [1.807, 2.05) is 0 Å². The molecule has 5 heteroatoms. The molecule has 1 N–H and O–H groups in total. The second-order valence-corrected chi connectivity index (χ2v) is 3.83. The average Bonchev–Trinajstić information content (AvgIpc) is 2.77. The number of hydrogen-bond acceptors (Lipinski definition) is 4. The van der Waals surface area contributed by atoms with Crippen LogP contribution in [0.1, 0.15) is 25.1 Å². The molecular formula is C11H14N2O3. The van der Waals surface area contributed by atoms with Gasteiger partial charge in [0.05, 0.1) is 11.5 Å². The summed E-state index contributed by atoms with van der Waals surface area (Å²) in [4.78, 5) is 10.1. The van der Waals surface area contributed by atoms with Crippen LogP contribution in [-0.4, -0.2) is 17.6 Å². The fourth-order valence-electron chi connectivity index (χ4n) is 1.72. The van der Waals surface area contributed by atoms with Gasteiger partial charge in [0, 0.05) is 18.2 Å². The van der Waals surface area contributed by atoms with Gasteiger partial charge in [-0.3, -0.25) is 15.4 Å². The smallest absolute Gasteiger partial charge is 0.269 e. The van der Waals surface area contributed by atoms with Gasteiger partial charge in [-0.25, -0.2) is 0 Å². The monoisotopic (exact) mass is 222 g/mol. The van der Waals surface area contributed by atoms with Gasteiger partial charge in [0.2, 0.25) is 0 Å². The Bertz CT molecular complexity index is 377. The number of nitrogens with zero attached hydrogens (tertiary/aromatic N) is 1. The van der Waals surface area contributed by atoms with Crippen LogP contribution in [0.25, 0.3) is 0 Å². The summed E-state index contributed by atoms with van der Waals surface area (Å²) in [5, 5.41) is 13.8. The molecule has 0 radical (unpaired) electrons. The second-order valence-electron chi connectivity index (χ2n) is 3.83. The van der Waals surface area contributed by atoms with E-state index in [-0.39, 0.29) is 11.9 Å². The van der Waals surface area contributed by atoms with Gasteiger partial charge in [-0.05, 0) is 24.1 Å². The third-order valence-corrected chi connectivity index (χ3v) is 2.75. The van der Waals surface area contributed by atoms with Crippen molar-refractivity contribution in [2.75, 3.05) is 6.61 Å². The Morgan fingerprint density at radius 1 is 1.50 bits per heavy atom. The Morgan fingerprint density at radius 3 is 2.69 bits per heavy atom. The van der Waals surface area contributed by atoms with Crippen LogP contribution >= 0.6 is 0 Å². The molecule has 0 spiro atoms. The molecule has 0 aromatic heterocycles. The van der Waals surface area contributed by atoms with Gasteiger partial charge >= 0.3 is 0 Å². The van der Waals surface area contributed by atoms with Crippen molar-refractivity contribution in [2.45, 2.75) is 25.6 Å². The van der Waals surface area contributed by atoms with E-state index < -0.39 is 4.92 Å². The van der Waals surface area contributed by atoms with Crippen LogP contribution in [0.2, 0.25) is 0 Å². The summed E-state index contributed by atoms with van der Waals surface area (Å²) < 4.78 is 5.56. The first-order valence-electron chi connectivity index (χ1n) is 5.32. The highest BCUT2D eigenvalue weighted by Crippen LogP contribution is 2.23. The summed E-state index contributed by atoms with van der Waals surface area (Å²) in [5.41, 5.74) is 1.04. The topological polar surface area (TPSA) is 64.4 Å². The zero-order valence-corrected chi connectivity index (χ0v) is 9.05. The van der Waals surface area contributed by atoms with Gasteiger partial charge in [0.1, 0.15) is 6.23 Å². The Hall–Kier alpha value is -1.46. The Kier molecular flexibility index (Phi) is 3.17. The van der Waals surface area contributed by atoms with E-state index in [1.165, 1.54) is 12.1 Å². The highest BCUT2D eigenvalue weighted by atomic mass is 16.6. The van der Waals surface area contributed by atoms with Crippen LogP contribution in [0.4, 0.5) is 5.69 Å². The summed E-state index contributed by atoms with van der Waals surface area (Å²) in [5.74, 6) is 0.